The van der Waals surface area contributed by atoms with Crippen molar-refractivity contribution in [2.75, 3.05) is 39.6 Å². The Labute approximate surface area is 607 Å². The fourth-order valence-electron chi connectivity index (χ4n) is 12.2. The van der Waals surface area contributed by atoms with E-state index in [2.05, 4.69) is 55.4 Å². The molecule has 0 heterocycles. The van der Waals surface area contributed by atoms with Gasteiger partial charge in [-0.15, -0.1) is 0 Å². The number of carbonyl (C=O) groups is 4. The number of ether oxygens (including phenoxy) is 4. The first-order chi connectivity index (χ1) is 47.6. The van der Waals surface area contributed by atoms with Crippen LogP contribution in [0.15, 0.2) is 0 Å². The lowest BCUT2D eigenvalue weighted by Gasteiger charge is -2.21. The van der Waals surface area contributed by atoms with Gasteiger partial charge in [0.25, 0.3) is 0 Å². The van der Waals surface area contributed by atoms with Crippen molar-refractivity contribution in [2.24, 2.45) is 23.7 Å². The molecule has 3 N–H and O–H groups in total. The third kappa shape index (κ3) is 72.8. The minimum atomic E-state index is -4.96. The van der Waals surface area contributed by atoms with Gasteiger partial charge in [-0.25, -0.2) is 9.13 Å². The highest BCUT2D eigenvalue weighted by molar-refractivity contribution is 7.47. The number of esters is 4. The van der Waals surface area contributed by atoms with E-state index in [4.69, 9.17) is 37.0 Å². The van der Waals surface area contributed by atoms with E-state index in [1.54, 1.807) is 0 Å². The predicted octanol–water partition coefficient (Wildman–Crippen LogP) is 23.6. The van der Waals surface area contributed by atoms with E-state index in [1.165, 1.54) is 205 Å². The summed E-state index contributed by atoms with van der Waals surface area (Å²) in [6.07, 6.45) is 55.8. The van der Waals surface area contributed by atoms with Gasteiger partial charge in [-0.1, -0.05) is 357 Å². The molecule has 0 rings (SSSR count). The average Bonchev–Trinajstić information content (AvgIpc) is 1.00. The fourth-order valence-corrected chi connectivity index (χ4v) is 13.8. The van der Waals surface area contributed by atoms with Crippen LogP contribution in [0, 0.1) is 23.7 Å². The average molecular weight is 1450 g/mol. The van der Waals surface area contributed by atoms with Gasteiger partial charge in [-0.2, -0.15) is 0 Å². The summed E-state index contributed by atoms with van der Waals surface area (Å²) in [6, 6.07) is 0. The highest BCUT2D eigenvalue weighted by atomic mass is 31.2. The third-order valence-corrected chi connectivity index (χ3v) is 20.8. The topological polar surface area (TPSA) is 237 Å². The number of phosphoric ester groups is 2. The van der Waals surface area contributed by atoms with Crippen LogP contribution in [-0.2, 0) is 65.4 Å². The van der Waals surface area contributed by atoms with Crippen LogP contribution in [0.2, 0.25) is 0 Å². The zero-order chi connectivity index (χ0) is 73.1. The van der Waals surface area contributed by atoms with Gasteiger partial charge in [-0.3, -0.25) is 37.3 Å². The van der Waals surface area contributed by atoms with Gasteiger partial charge in [-0.05, 0) is 49.4 Å². The van der Waals surface area contributed by atoms with Crippen molar-refractivity contribution in [1.29, 1.82) is 0 Å². The Kier molecular flexibility index (Phi) is 67.8. The van der Waals surface area contributed by atoms with Gasteiger partial charge in [0.1, 0.15) is 19.3 Å². The smallest absolute Gasteiger partial charge is 0.462 e. The van der Waals surface area contributed by atoms with Crippen LogP contribution in [0.3, 0.4) is 0 Å². The first kappa shape index (κ1) is 97.1. The standard InChI is InChI=1S/C80H156O17P2/c1-9-73(8)59-51-43-35-27-23-19-16-17-20-24-28-36-44-52-60-77(82)90-66-76(97-80(85)63-55-47-39-31-34-42-50-58-72(6)7)69-95-99(88,89)93-65-74(81)64-92-98(86,87)94-68-75(67-91-78(83)61-53-45-38-30-33-41-49-57-71(4)5)96-79(84)62-54-46-37-29-25-21-15-13-11-10-12-14-18-22-26-32-40-48-56-70(2)3/h70-76,81H,9-69H2,1-8H3,(H,86,87)(H,88,89)/t73?,74?,75-,76-/m1/s1. The van der Waals surface area contributed by atoms with E-state index in [1.807, 2.05) is 0 Å². The lowest BCUT2D eigenvalue weighted by molar-refractivity contribution is -0.161. The summed E-state index contributed by atoms with van der Waals surface area (Å²) in [5, 5.41) is 10.6. The Morgan fingerprint density at radius 2 is 0.485 bits per heavy atom. The van der Waals surface area contributed by atoms with Crippen LogP contribution in [0.4, 0.5) is 0 Å². The molecular weight excluding hydrogens is 1290 g/mol. The minimum Gasteiger partial charge on any atom is -0.462 e. The van der Waals surface area contributed by atoms with Gasteiger partial charge in [0.05, 0.1) is 26.4 Å². The molecule has 0 spiro atoms. The maximum absolute atomic E-state index is 13.1. The summed E-state index contributed by atoms with van der Waals surface area (Å²) >= 11 is 0. The molecule has 0 fully saturated rings. The first-order valence-electron chi connectivity index (χ1n) is 41.2. The number of phosphoric acid groups is 2. The van der Waals surface area contributed by atoms with Gasteiger partial charge >= 0.3 is 39.5 Å². The second-order valence-corrected chi connectivity index (χ2v) is 33.4. The molecule has 0 amide bonds. The molecule has 4 unspecified atom stereocenters. The van der Waals surface area contributed by atoms with Crippen molar-refractivity contribution in [2.45, 2.75) is 427 Å². The van der Waals surface area contributed by atoms with Crippen molar-refractivity contribution in [3.63, 3.8) is 0 Å². The molecule has 0 bridgehead atoms. The Bertz CT molecular complexity index is 1940. The van der Waals surface area contributed by atoms with E-state index < -0.39 is 97.5 Å². The second kappa shape index (κ2) is 69.1. The molecule has 17 nitrogen and oxygen atoms in total. The summed E-state index contributed by atoms with van der Waals surface area (Å²) in [5.74, 6) is 0.951. The number of unbranched alkanes of at least 4 members (excludes halogenated alkanes) is 42. The second-order valence-electron chi connectivity index (χ2n) is 30.5. The highest BCUT2D eigenvalue weighted by Crippen LogP contribution is 2.45. The number of carbonyl (C=O) groups excluding carboxylic acids is 4. The molecule has 0 saturated heterocycles. The van der Waals surface area contributed by atoms with Gasteiger partial charge in [0.15, 0.2) is 12.2 Å². The molecule has 99 heavy (non-hydrogen) atoms. The number of aliphatic hydroxyl groups is 1. The maximum Gasteiger partial charge on any atom is 0.472 e. The molecule has 588 valence electrons. The Balaban J connectivity index is 5.15. The van der Waals surface area contributed by atoms with Crippen LogP contribution in [-0.4, -0.2) is 96.7 Å². The monoisotopic (exact) mass is 1450 g/mol. The summed E-state index contributed by atoms with van der Waals surface area (Å²) in [4.78, 5) is 72.9. The molecule has 0 aromatic carbocycles. The molecule has 0 radical (unpaired) electrons. The lowest BCUT2D eigenvalue weighted by atomic mass is 9.99. The highest BCUT2D eigenvalue weighted by Gasteiger charge is 2.30. The molecule has 0 aliphatic heterocycles. The summed E-state index contributed by atoms with van der Waals surface area (Å²) in [7, 11) is -9.92. The zero-order valence-electron chi connectivity index (χ0n) is 65.1. The number of hydrogen-bond acceptors (Lipinski definition) is 15. The molecule has 6 atom stereocenters. The normalized spacial score (nSPS) is 14.3. The van der Waals surface area contributed by atoms with E-state index in [0.29, 0.717) is 37.5 Å². The SMILES string of the molecule is CCC(C)CCCCCCCCCCCCCCCCC(=O)OC[C@H](COP(=O)(O)OCC(O)COP(=O)(O)OC[C@@H](COC(=O)CCCCCCCCCC(C)C)OC(=O)CCCCCCCCCCCCCCCCCCCCC(C)C)OC(=O)CCCCCCCCCC(C)C. The Morgan fingerprint density at radius 3 is 0.717 bits per heavy atom. The van der Waals surface area contributed by atoms with Crippen molar-refractivity contribution < 1.29 is 80.2 Å². The van der Waals surface area contributed by atoms with E-state index in [9.17, 15) is 43.2 Å². The maximum atomic E-state index is 13.1. The summed E-state index contributed by atoms with van der Waals surface area (Å²) in [5.41, 5.74) is 0. The van der Waals surface area contributed by atoms with E-state index >= 15 is 0 Å². The first-order valence-corrected chi connectivity index (χ1v) is 44.2. The van der Waals surface area contributed by atoms with Crippen LogP contribution in [0.5, 0.6) is 0 Å². The Hall–Kier alpha value is -1.94. The molecule has 0 aliphatic carbocycles. The summed E-state index contributed by atoms with van der Waals surface area (Å²) < 4.78 is 68.6. The van der Waals surface area contributed by atoms with Gasteiger partial charge < -0.3 is 33.8 Å². The quantitative estimate of drug-likeness (QED) is 0.0222. The van der Waals surface area contributed by atoms with Gasteiger partial charge in [0.2, 0.25) is 0 Å². The molecule has 19 heteroatoms. The van der Waals surface area contributed by atoms with Crippen molar-refractivity contribution >= 4 is 39.5 Å². The van der Waals surface area contributed by atoms with E-state index in [-0.39, 0.29) is 25.7 Å². The third-order valence-electron chi connectivity index (χ3n) is 18.9. The number of rotatable bonds is 77. The van der Waals surface area contributed by atoms with Crippen LogP contribution < -0.4 is 0 Å². The lowest BCUT2D eigenvalue weighted by Crippen LogP contribution is -2.30. The van der Waals surface area contributed by atoms with Gasteiger partial charge in [0, 0.05) is 25.7 Å². The van der Waals surface area contributed by atoms with Crippen LogP contribution in [0.25, 0.3) is 0 Å². The van der Waals surface area contributed by atoms with Crippen LogP contribution >= 0.6 is 15.6 Å². The molecular formula is C80H156O17P2. The number of aliphatic hydroxyl groups excluding tert-OH is 1. The van der Waals surface area contributed by atoms with Crippen molar-refractivity contribution in [3.05, 3.63) is 0 Å². The number of hydrogen-bond donors (Lipinski definition) is 3. The minimum absolute atomic E-state index is 0.103. The molecule has 0 aliphatic rings. The van der Waals surface area contributed by atoms with Crippen molar-refractivity contribution in [3.8, 4) is 0 Å². The predicted molar refractivity (Wildman–Crippen MR) is 404 cm³/mol. The molecule has 0 aromatic rings. The summed E-state index contributed by atoms with van der Waals surface area (Å²) in [6.45, 7) is 14.2. The van der Waals surface area contributed by atoms with Crippen molar-refractivity contribution in [1.82, 2.24) is 0 Å². The van der Waals surface area contributed by atoms with E-state index in [0.717, 1.165) is 108 Å². The molecule has 0 saturated carbocycles. The largest absolute Gasteiger partial charge is 0.472 e. The van der Waals surface area contributed by atoms with Crippen LogP contribution in [0.1, 0.15) is 409 Å². The fraction of sp³-hybridized carbons (Fsp3) is 0.950. The zero-order valence-corrected chi connectivity index (χ0v) is 66.9. The Morgan fingerprint density at radius 1 is 0.283 bits per heavy atom. The molecule has 0 aromatic heterocycles.